The molecule has 1 heterocycles. The maximum atomic E-state index is 10.1. The number of nitrogens with zero attached hydrogens (tertiary/aromatic N) is 1. The van der Waals surface area contributed by atoms with Gasteiger partial charge in [-0.25, -0.2) is 0 Å². The summed E-state index contributed by atoms with van der Waals surface area (Å²) >= 11 is 12.1. The summed E-state index contributed by atoms with van der Waals surface area (Å²) in [4.78, 5) is 3.92. The number of hydrogen-bond acceptors (Lipinski definition) is 2. The van der Waals surface area contributed by atoms with Crippen molar-refractivity contribution in [2.24, 2.45) is 0 Å². The van der Waals surface area contributed by atoms with Crippen LogP contribution < -0.4 is 0 Å². The average molecular weight is 282 g/mol. The van der Waals surface area contributed by atoms with Gasteiger partial charge in [-0.3, -0.25) is 4.98 Å². The van der Waals surface area contributed by atoms with Crippen LogP contribution >= 0.6 is 23.2 Å². The Bertz CT molecular complexity index is 483. The molecule has 2 nitrogen and oxygen atoms in total. The summed E-state index contributed by atoms with van der Waals surface area (Å²) in [5.74, 6) is 0. The van der Waals surface area contributed by atoms with Crippen molar-refractivity contribution in [1.29, 1.82) is 0 Å². The van der Waals surface area contributed by atoms with Gasteiger partial charge in [0, 0.05) is 30.3 Å². The molecule has 1 aromatic heterocycles. The van der Waals surface area contributed by atoms with E-state index in [9.17, 15) is 5.11 Å². The van der Waals surface area contributed by atoms with Gasteiger partial charge in [-0.2, -0.15) is 0 Å². The highest BCUT2D eigenvalue weighted by Crippen LogP contribution is 2.20. The number of aromatic nitrogens is 1. The molecule has 0 aliphatic heterocycles. The molecule has 2 aromatic rings. The Hall–Kier alpha value is -1.09. The predicted octanol–water partition coefficient (Wildman–Crippen LogP) is 3.53. The Morgan fingerprint density at radius 1 is 1.00 bits per heavy atom. The SMILES string of the molecule is OC(Cc1ccccc1Cl)Cc1ccncc1Cl. The van der Waals surface area contributed by atoms with E-state index in [2.05, 4.69) is 4.98 Å². The molecule has 18 heavy (non-hydrogen) atoms. The van der Waals surface area contributed by atoms with Gasteiger partial charge in [0.25, 0.3) is 0 Å². The highest BCUT2D eigenvalue weighted by Gasteiger charge is 2.11. The minimum absolute atomic E-state index is 0.493. The third-order valence-electron chi connectivity index (χ3n) is 2.73. The normalized spacial score (nSPS) is 12.4. The summed E-state index contributed by atoms with van der Waals surface area (Å²) in [6, 6.07) is 9.34. The van der Waals surface area contributed by atoms with Gasteiger partial charge in [0.2, 0.25) is 0 Å². The van der Waals surface area contributed by atoms with Gasteiger partial charge in [-0.1, -0.05) is 41.4 Å². The van der Waals surface area contributed by atoms with Crippen molar-refractivity contribution in [3.05, 3.63) is 63.9 Å². The second-order valence-electron chi connectivity index (χ2n) is 4.12. The zero-order chi connectivity index (χ0) is 13.0. The largest absolute Gasteiger partial charge is 0.392 e. The summed E-state index contributed by atoms with van der Waals surface area (Å²) in [7, 11) is 0. The molecule has 0 bridgehead atoms. The molecule has 0 fully saturated rings. The smallest absolute Gasteiger partial charge is 0.0622 e. The maximum absolute atomic E-state index is 10.1. The van der Waals surface area contributed by atoms with Crippen LogP contribution in [0.2, 0.25) is 10.0 Å². The Kier molecular flexibility index (Phi) is 4.59. The monoisotopic (exact) mass is 281 g/mol. The lowest BCUT2D eigenvalue weighted by Crippen LogP contribution is -2.14. The Morgan fingerprint density at radius 3 is 2.33 bits per heavy atom. The van der Waals surface area contributed by atoms with Gasteiger partial charge in [-0.05, 0) is 23.3 Å². The van der Waals surface area contributed by atoms with E-state index in [1.807, 2.05) is 30.3 Å². The second kappa shape index (κ2) is 6.19. The molecule has 1 aromatic carbocycles. The maximum Gasteiger partial charge on any atom is 0.0622 e. The van der Waals surface area contributed by atoms with Crippen LogP contribution in [0.1, 0.15) is 11.1 Å². The first-order chi connectivity index (χ1) is 8.66. The van der Waals surface area contributed by atoms with Gasteiger partial charge in [0.1, 0.15) is 0 Å². The highest BCUT2D eigenvalue weighted by atomic mass is 35.5. The zero-order valence-electron chi connectivity index (χ0n) is 9.68. The second-order valence-corrected chi connectivity index (χ2v) is 4.93. The molecular formula is C14H13Cl2NO. The number of halogens is 2. The van der Waals surface area contributed by atoms with Crippen LogP contribution in [0.25, 0.3) is 0 Å². The quantitative estimate of drug-likeness (QED) is 0.930. The number of hydrogen-bond donors (Lipinski definition) is 1. The molecule has 4 heteroatoms. The topological polar surface area (TPSA) is 33.1 Å². The van der Waals surface area contributed by atoms with E-state index in [0.717, 1.165) is 11.1 Å². The first kappa shape index (κ1) is 13.3. The third kappa shape index (κ3) is 3.45. The lowest BCUT2D eigenvalue weighted by atomic mass is 10.0. The van der Waals surface area contributed by atoms with Crippen molar-refractivity contribution in [3.63, 3.8) is 0 Å². The molecule has 0 spiro atoms. The van der Waals surface area contributed by atoms with Crippen LogP contribution in [-0.2, 0) is 12.8 Å². The molecule has 0 aliphatic rings. The molecule has 0 saturated carbocycles. The minimum Gasteiger partial charge on any atom is -0.392 e. The van der Waals surface area contributed by atoms with E-state index in [0.29, 0.717) is 22.9 Å². The van der Waals surface area contributed by atoms with Gasteiger partial charge in [0.05, 0.1) is 11.1 Å². The molecule has 1 unspecified atom stereocenters. The fraction of sp³-hybridized carbons (Fsp3) is 0.214. The summed E-state index contributed by atoms with van der Waals surface area (Å²) in [5.41, 5.74) is 1.84. The minimum atomic E-state index is -0.509. The van der Waals surface area contributed by atoms with Crippen molar-refractivity contribution in [2.45, 2.75) is 18.9 Å². The Morgan fingerprint density at radius 2 is 1.67 bits per heavy atom. The van der Waals surface area contributed by atoms with E-state index in [1.54, 1.807) is 12.4 Å². The van der Waals surface area contributed by atoms with Gasteiger partial charge in [0.15, 0.2) is 0 Å². The highest BCUT2D eigenvalue weighted by molar-refractivity contribution is 6.31. The van der Waals surface area contributed by atoms with Gasteiger partial charge < -0.3 is 5.11 Å². The zero-order valence-corrected chi connectivity index (χ0v) is 11.2. The van der Waals surface area contributed by atoms with Crippen LogP contribution in [0.4, 0.5) is 0 Å². The number of rotatable bonds is 4. The molecule has 0 radical (unpaired) electrons. The van der Waals surface area contributed by atoms with Crippen molar-refractivity contribution in [1.82, 2.24) is 4.98 Å². The summed E-state index contributed by atoms with van der Waals surface area (Å²) < 4.78 is 0. The van der Waals surface area contributed by atoms with E-state index >= 15 is 0 Å². The van der Waals surface area contributed by atoms with E-state index in [-0.39, 0.29) is 0 Å². The first-order valence-electron chi connectivity index (χ1n) is 5.66. The number of pyridine rings is 1. The molecule has 1 N–H and O–H groups in total. The van der Waals surface area contributed by atoms with Crippen molar-refractivity contribution < 1.29 is 5.11 Å². The molecule has 2 rings (SSSR count). The molecule has 1 atom stereocenters. The van der Waals surface area contributed by atoms with E-state index in [4.69, 9.17) is 23.2 Å². The molecular weight excluding hydrogens is 269 g/mol. The van der Waals surface area contributed by atoms with Gasteiger partial charge >= 0.3 is 0 Å². The molecule has 94 valence electrons. The van der Waals surface area contributed by atoms with Crippen LogP contribution in [0.5, 0.6) is 0 Å². The number of benzene rings is 1. The van der Waals surface area contributed by atoms with Crippen molar-refractivity contribution in [3.8, 4) is 0 Å². The van der Waals surface area contributed by atoms with Gasteiger partial charge in [-0.15, -0.1) is 0 Å². The molecule has 0 aliphatic carbocycles. The standard InChI is InChI=1S/C14H13Cl2NO/c15-13-4-2-1-3-10(13)7-12(18)8-11-5-6-17-9-14(11)16/h1-6,9,12,18H,7-8H2. The summed E-state index contributed by atoms with van der Waals surface area (Å²) in [5, 5.41) is 11.3. The lowest BCUT2D eigenvalue weighted by Gasteiger charge is -2.12. The van der Waals surface area contributed by atoms with E-state index in [1.165, 1.54) is 0 Å². The Balaban J connectivity index is 2.04. The fourth-order valence-electron chi connectivity index (χ4n) is 1.81. The third-order valence-corrected chi connectivity index (χ3v) is 3.43. The number of aliphatic hydroxyl groups is 1. The summed E-state index contributed by atoms with van der Waals surface area (Å²) in [6.07, 6.45) is 3.75. The molecule has 0 amide bonds. The number of aliphatic hydroxyl groups excluding tert-OH is 1. The average Bonchev–Trinajstić information content (AvgIpc) is 2.35. The first-order valence-corrected chi connectivity index (χ1v) is 6.42. The van der Waals surface area contributed by atoms with Crippen LogP contribution in [-0.4, -0.2) is 16.2 Å². The van der Waals surface area contributed by atoms with E-state index < -0.39 is 6.10 Å². The van der Waals surface area contributed by atoms with Crippen molar-refractivity contribution >= 4 is 23.2 Å². The van der Waals surface area contributed by atoms with Crippen molar-refractivity contribution in [2.75, 3.05) is 0 Å². The Labute approximate surface area is 116 Å². The van der Waals surface area contributed by atoms with Crippen LogP contribution in [0.3, 0.4) is 0 Å². The fourth-order valence-corrected chi connectivity index (χ4v) is 2.22. The van der Waals surface area contributed by atoms with Crippen LogP contribution in [0, 0.1) is 0 Å². The predicted molar refractivity (Wildman–Crippen MR) is 74.1 cm³/mol. The van der Waals surface area contributed by atoms with Crippen LogP contribution in [0.15, 0.2) is 42.7 Å². The lowest BCUT2D eigenvalue weighted by molar-refractivity contribution is 0.175. The summed E-state index contributed by atoms with van der Waals surface area (Å²) in [6.45, 7) is 0. The molecule has 0 saturated heterocycles.